The first-order valence-electron chi connectivity index (χ1n) is 5.77. The zero-order chi connectivity index (χ0) is 10.9. The van der Waals surface area contributed by atoms with E-state index in [4.69, 9.17) is 15.2 Å². The Morgan fingerprint density at radius 3 is 2.73 bits per heavy atom. The molecule has 2 heterocycles. The monoisotopic (exact) mass is 214 g/mol. The molecule has 0 bridgehead atoms. The van der Waals surface area contributed by atoms with E-state index in [-0.39, 0.29) is 17.2 Å². The predicted octanol–water partition coefficient (Wildman–Crippen LogP) is 0.261. The van der Waals surface area contributed by atoms with Crippen LogP contribution in [0.2, 0.25) is 0 Å². The van der Waals surface area contributed by atoms with Crippen molar-refractivity contribution in [3.05, 3.63) is 0 Å². The minimum Gasteiger partial charge on any atom is -0.379 e. The average Bonchev–Trinajstić information content (AvgIpc) is 2.75. The fourth-order valence-corrected chi connectivity index (χ4v) is 2.21. The third-order valence-electron chi connectivity index (χ3n) is 3.86. The number of nitrogens with two attached hydrogens (primary N) is 1. The summed E-state index contributed by atoms with van der Waals surface area (Å²) in [4.78, 5) is 0. The number of rotatable bonds is 3. The van der Waals surface area contributed by atoms with Gasteiger partial charge in [0.05, 0.1) is 18.2 Å². The van der Waals surface area contributed by atoms with Crippen molar-refractivity contribution < 1.29 is 9.47 Å². The molecule has 0 spiro atoms. The summed E-state index contributed by atoms with van der Waals surface area (Å²) < 4.78 is 10.9. The molecular weight excluding hydrogens is 192 g/mol. The van der Waals surface area contributed by atoms with Gasteiger partial charge in [0.1, 0.15) is 0 Å². The lowest BCUT2D eigenvalue weighted by molar-refractivity contribution is 0.0853. The molecule has 2 rings (SSSR count). The highest BCUT2D eigenvalue weighted by molar-refractivity contribution is 4.98. The van der Waals surface area contributed by atoms with Crippen LogP contribution in [0.25, 0.3) is 0 Å². The smallest absolute Gasteiger partial charge is 0.0726 e. The Labute approximate surface area is 91.5 Å². The molecule has 3 unspecified atom stereocenters. The second kappa shape index (κ2) is 4.01. The van der Waals surface area contributed by atoms with Gasteiger partial charge in [0.2, 0.25) is 0 Å². The van der Waals surface area contributed by atoms with E-state index >= 15 is 0 Å². The Hall–Kier alpha value is -0.160. The Kier molecular flexibility index (Phi) is 3.03. The highest BCUT2D eigenvalue weighted by atomic mass is 16.5. The van der Waals surface area contributed by atoms with E-state index in [1.807, 2.05) is 0 Å². The van der Waals surface area contributed by atoms with Crippen LogP contribution in [0.15, 0.2) is 0 Å². The van der Waals surface area contributed by atoms with E-state index in [0.29, 0.717) is 6.61 Å². The van der Waals surface area contributed by atoms with Gasteiger partial charge in [-0.2, -0.15) is 0 Å². The molecular formula is C11H22N2O2. The number of hydrogen-bond acceptors (Lipinski definition) is 4. The molecule has 15 heavy (non-hydrogen) atoms. The molecule has 0 saturated carbocycles. The number of nitrogens with one attached hydrogen (secondary N) is 1. The second-order valence-corrected chi connectivity index (χ2v) is 5.20. The summed E-state index contributed by atoms with van der Waals surface area (Å²) in [7, 11) is 0. The van der Waals surface area contributed by atoms with Gasteiger partial charge in [0, 0.05) is 25.3 Å². The van der Waals surface area contributed by atoms with Crippen molar-refractivity contribution in [1.82, 2.24) is 5.32 Å². The quantitative estimate of drug-likeness (QED) is 0.707. The maximum absolute atomic E-state index is 6.21. The second-order valence-electron chi connectivity index (χ2n) is 5.20. The first-order valence-corrected chi connectivity index (χ1v) is 5.77. The predicted molar refractivity (Wildman–Crippen MR) is 58.8 cm³/mol. The Morgan fingerprint density at radius 2 is 2.20 bits per heavy atom. The van der Waals surface area contributed by atoms with Gasteiger partial charge in [-0.3, -0.25) is 0 Å². The fraction of sp³-hybridized carbons (Fsp3) is 1.00. The zero-order valence-electron chi connectivity index (χ0n) is 9.71. The molecule has 0 aliphatic carbocycles. The van der Waals surface area contributed by atoms with Crippen LogP contribution in [0.1, 0.15) is 26.7 Å². The largest absolute Gasteiger partial charge is 0.379 e. The zero-order valence-corrected chi connectivity index (χ0v) is 9.71. The summed E-state index contributed by atoms with van der Waals surface area (Å²) in [6.45, 7) is 7.46. The summed E-state index contributed by atoms with van der Waals surface area (Å²) >= 11 is 0. The van der Waals surface area contributed by atoms with Gasteiger partial charge in [-0.1, -0.05) is 0 Å². The van der Waals surface area contributed by atoms with Crippen LogP contribution in [-0.2, 0) is 9.47 Å². The molecule has 0 aromatic rings. The van der Waals surface area contributed by atoms with Crippen LogP contribution in [0, 0.1) is 0 Å². The number of ether oxygens (including phenoxy) is 2. The van der Waals surface area contributed by atoms with Gasteiger partial charge < -0.3 is 20.5 Å². The Balaban J connectivity index is 1.86. The molecule has 2 saturated heterocycles. The van der Waals surface area contributed by atoms with Crippen LogP contribution in [0.4, 0.5) is 0 Å². The summed E-state index contributed by atoms with van der Waals surface area (Å²) in [6, 6.07) is 0. The van der Waals surface area contributed by atoms with Crippen LogP contribution in [0.3, 0.4) is 0 Å². The minimum absolute atomic E-state index is 0.0783. The molecule has 3 N–H and O–H groups in total. The van der Waals surface area contributed by atoms with Crippen molar-refractivity contribution in [3.63, 3.8) is 0 Å². The van der Waals surface area contributed by atoms with Crippen molar-refractivity contribution in [2.75, 3.05) is 26.4 Å². The SMILES string of the molecule is CC1OCCC1(C)NCC1(N)CCOC1. The first kappa shape index (κ1) is 11.3. The van der Waals surface area contributed by atoms with E-state index in [0.717, 1.165) is 32.6 Å². The standard InChI is InChI=1S/C11H22N2O2/c1-9-10(2,3-6-15-9)13-7-11(12)4-5-14-8-11/h9,13H,3-8,12H2,1-2H3. The van der Waals surface area contributed by atoms with E-state index in [9.17, 15) is 0 Å². The fourth-order valence-electron chi connectivity index (χ4n) is 2.21. The molecule has 0 aromatic carbocycles. The molecule has 0 amide bonds. The van der Waals surface area contributed by atoms with Gasteiger partial charge in [-0.25, -0.2) is 0 Å². The van der Waals surface area contributed by atoms with Crippen molar-refractivity contribution in [3.8, 4) is 0 Å². The number of hydrogen-bond donors (Lipinski definition) is 2. The molecule has 0 aromatic heterocycles. The molecule has 2 aliphatic heterocycles. The lowest BCUT2D eigenvalue weighted by atomic mass is 9.92. The lowest BCUT2D eigenvalue weighted by Crippen LogP contribution is -2.57. The maximum atomic E-state index is 6.21. The van der Waals surface area contributed by atoms with Crippen molar-refractivity contribution in [1.29, 1.82) is 0 Å². The molecule has 88 valence electrons. The summed E-state index contributed by atoms with van der Waals surface area (Å²) in [5, 5.41) is 3.56. The first-order chi connectivity index (χ1) is 7.04. The molecule has 0 radical (unpaired) electrons. The van der Waals surface area contributed by atoms with Gasteiger partial charge in [0.15, 0.2) is 0 Å². The molecule has 2 aliphatic rings. The Bertz CT molecular complexity index is 229. The molecule has 2 fully saturated rings. The third-order valence-corrected chi connectivity index (χ3v) is 3.86. The summed E-state index contributed by atoms with van der Waals surface area (Å²) in [5.74, 6) is 0. The van der Waals surface area contributed by atoms with Crippen LogP contribution >= 0.6 is 0 Å². The highest BCUT2D eigenvalue weighted by Crippen LogP contribution is 2.26. The Morgan fingerprint density at radius 1 is 1.40 bits per heavy atom. The van der Waals surface area contributed by atoms with Crippen LogP contribution < -0.4 is 11.1 Å². The lowest BCUT2D eigenvalue weighted by Gasteiger charge is -2.33. The average molecular weight is 214 g/mol. The van der Waals surface area contributed by atoms with Crippen LogP contribution in [0.5, 0.6) is 0 Å². The highest BCUT2D eigenvalue weighted by Gasteiger charge is 2.39. The third kappa shape index (κ3) is 2.33. The van der Waals surface area contributed by atoms with Gasteiger partial charge in [0.25, 0.3) is 0 Å². The minimum atomic E-state index is -0.175. The molecule has 4 heteroatoms. The van der Waals surface area contributed by atoms with E-state index in [1.54, 1.807) is 0 Å². The van der Waals surface area contributed by atoms with Crippen molar-refractivity contribution >= 4 is 0 Å². The van der Waals surface area contributed by atoms with Gasteiger partial charge >= 0.3 is 0 Å². The summed E-state index contributed by atoms with van der Waals surface area (Å²) in [5.41, 5.74) is 6.12. The van der Waals surface area contributed by atoms with Crippen molar-refractivity contribution in [2.24, 2.45) is 5.73 Å². The summed E-state index contributed by atoms with van der Waals surface area (Å²) in [6.07, 6.45) is 2.28. The van der Waals surface area contributed by atoms with Gasteiger partial charge in [-0.05, 0) is 26.7 Å². The van der Waals surface area contributed by atoms with Crippen LogP contribution in [-0.4, -0.2) is 43.5 Å². The normalized spacial score (nSPS) is 46.2. The molecule has 4 nitrogen and oxygen atoms in total. The van der Waals surface area contributed by atoms with E-state index < -0.39 is 0 Å². The molecule has 3 atom stereocenters. The topological polar surface area (TPSA) is 56.5 Å². The van der Waals surface area contributed by atoms with E-state index in [1.165, 1.54) is 0 Å². The van der Waals surface area contributed by atoms with Crippen molar-refractivity contribution in [2.45, 2.75) is 43.9 Å². The maximum Gasteiger partial charge on any atom is 0.0726 e. The van der Waals surface area contributed by atoms with E-state index in [2.05, 4.69) is 19.2 Å². The van der Waals surface area contributed by atoms with Gasteiger partial charge in [-0.15, -0.1) is 0 Å².